The molecule has 0 unspecified atom stereocenters. The van der Waals surface area contributed by atoms with Gasteiger partial charge in [0.05, 0.1) is 0 Å². The fourth-order valence-electron chi connectivity index (χ4n) is 5.17. The molecule has 0 spiro atoms. The zero-order valence-electron chi connectivity index (χ0n) is 16.7. The largest absolute Gasteiger partial charge is 0.484 e. The van der Waals surface area contributed by atoms with Crippen LogP contribution >= 0.6 is 0 Å². The molecule has 0 N–H and O–H groups in total. The van der Waals surface area contributed by atoms with Crippen LogP contribution in [0.3, 0.4) is 0 Å². The Kier molecular flexibility index (Phi) is 4.63. The number of fused-ring (bicyclic) bond motifs is 2. The Bertz CT molecular complexity index is 664. The van der Waals surface area contributed by atoms with Crippen LogP contribution in [-0.2, 0) is 4.79 Å². The predicted octanol–water partition coefficient (Wildman–Crippen LogP) is 4.92. The Hall–Kier alpha value is -1.51. The van der Waals surface area contributed by atoms with E-state index in [1.807, 2.05) is 6.07 Å². The van der Waals surface area contributed by atoms with Crippen LogP contribution in [0.5, 0.6) is 5.75 Å². The van der Waals surface area contributed by atoms with E-state index in [-0.39, 0.29) is 17.9 Å². The van der Waals surface area contributed by atoms with E-state index in [1.165, 1.54) is 17.5 Å². The van der Waals surface area contributed by atoms with Crippen molar-refractivity contribution in [1.29, 1.82) is 0 Å². The minimum atomic E-state index is 0.138. The van der Waals surface area contributed by atoms with Gasteiger partial charge in [-0.1, -0.05) is 40.7 Å². The second-order valence-corrected chi connectivity index (χ2v) is 9.76. The van der Waals surface area contributed by atoms with Gasteiger partial charge in [0.15, 0.2) is 6.61 Å². The van der Waals surface area contributed by atoms with Crippen molar-refractivity contribution < 1.29 is 9.53 Å². The third-order valence-corrected chi connectivity index (χ3v) is 5.84. The summed E-state index contributed by atoms with van der Waals surface area (Å²) in [7, 11) is 0. The Morgan fingerprint density at radius 3 is 2.64 bits per heavy atom. The first-order valence-electron chi connectivity index (χ1n) is 9.61. The van der Waals surface area contributed by atoms with Gasteiger partial charge in [-0.15, -0.1) is 0 Å². The first-order chi connectivity index (χ1) is 11.6. The maximum atomic E-state index is 12.8. The maximum absolute atomic E-state index is 12.8. The van der Waals surface area contributed by atoms with Crippen LogP contribution in [0.25, 0.3) is 0 Å². The summed E-state index contributed by atoms with van der Waals surface area (Å²) in [5.41, 5.74) is 3.04. The van der Waals surface area contributed by atoms with Gasteiger partial charge in [-0.2, -0.15) is 0 Å². The van der Waals surface area contributed by atoms with Gasteiger partial charge < -0.3 is 9.64 Å². The molecule has 1 saturated carbocycles. The zero-order chi connectivity index (χ0) is 18.4. The molecule has 3 rings (SSSR count). The van der Waals surface area contributed by atoms with E-state index in [0.29, 0.717) is 17.4 Å². The van der Waals surface area contributed by atoms with Gasteiger partial charge in [0, 0.05) is 12.6 Å². The lowest BCUT2D eigenvalue weighted by Gasteiger charge is -2.39. The van der Waals surface area contributed by atoms with E-state index in [4.69, 9.17) is 4.74 Å². The first kappa shape index (κ1) is 18.3. The molecule has 1 aromatic carbocycles. The summed E-state index contributed by atoms with van der Waals surface area (Å²) in [6, 6.07) is 6.66. The highest BCUT2D eigenvalue weighted by Gasteiger charge is 2.50. The molecule has 1 aliphatic heterocycles. The molecular formula is C22H33NO2. The van der Waals surface area contributed by atoms with Crippen molar-refractivity contribution >= 4 is 5.91 Å². The molecular weight excluding hydrogens is 310 g/mol. The smallest absolute Gasteiger partial charge is 0.260 e. The molecule has 1 saturated heterocycles. The summed E-state index contributed by atoms with van der Waals surface area (Å²) >= 11 is 0. The molecule has 0 radical (unpaired) electrons. The van der Waals surface area contributed by atoms with Gasteiger partial charge in [0.25, 0.3) is 5.91 Å². The molecule has 25 heavy (non-hydrogen) atoms. The molecule has 1 amide bonds. The van der Waals surface area contributed by atoms with Crippen molar-refractivity contribution in [3.63, 3.8) is 0 Å². The van der Waals surface area contributed by atoms with Gasteiger partial charge in [0.1, 0.15) is 5.75 Å². The molecule has 3 heteroatoms. The van der Waals surface area contributed by atoms with Gasteiger partial charge >= 0.3 is 0 Å². The van der Waals surface area contributed by atoms with E-state index < -0.39 is 0 Å². The van der Waals surface area contributed by atoms with Crippen molar-refractivity contribution in [2.45, 2.75) is 72.8 Å². The Morgan fingerprint density at radius 1 is 1.24 bits per heavy atom. The van der Waals surface area contributed by atoms with E-state index in [0.717, 1.165) is 25.1 Å². The molecule has 0 aromatic heterocycles. The van der Waals surface area contributed by atoms with Crippen molar-refractivity contribution in [1.82, 2.24) is 4.90 Å². The predicted molar refractivity (Wildman–Crippen MR) is 102 cm³/mol. The van der Waals surface area contributed by atoms with Gasteiger partial charge in [-0.25, -0.2) is 0 Å². The number of amides is 1. The fourth-order valence-corrected chi connectivity index (χ4v) is 5.17. The number of hydrogen-bond acceptors (Lipinski definition) is 2. The molecule has 2 fully saturated rings. The number of likely N-dealkylation sites (tertiary alicyclic amines) is 1. The lowest BCUT2D eigenvalue weighted by Crippen LogP contribution is -2.40. The highest BCUT2D eigenvalue weighted by atomic mass is 16.5. The molecule has 1 aromatic rings. The second kappa shape index (κ2) is 6.34. The summed E-state index contributed by atoms with van der Waals surface area (Å²) in [6.07, 6.45) is 3.46. The Balaban J connectivity index is 1.66. The summed E-state index contributed by atoms with van der Waals surface area (Å²) in [5, 5.41) is 0. The van der Waals surface area contributed by atoms with Crippen LogP contribution in [0.2, 0.25) is 0 Å². The number of rotatable bonds is 4. The summed E-state index contributed by atoms with van der Waals surface area (Å²) in [5.74, 6) is 1.41. The van der Waals surface area contributed by atoms with Crippen LogP contribution in [0.1, 0.15) is 70.9 Å². The standard InChI is InChI=1S/C22H33NO2/c1-15(2)17-7-16(3)8-19(9-17)25-12-20(24)23-14-22(6)11-18(23)10-21(4,5)13-22/h7-9,15,18H,10-14H2,1-6H3/t18-,22-/m0/s1. The summed E-state index contributed by atoms with van der Waals surface area (Å²) < 4.78 is 5.89. The number of nitrogens with zero attached hydrogens (tertiary/aromatic N) is 1. The number of benzene rings is 1. The van der Waals surface area contributed by atoms with Crippen LogP contribution < -0.4 is 4.74 Å². The number of aryl methyl sites for hydroxylation is 1. The first-order valence-corrected chi connectivity index (χ1v) is 9.61. The zero-order valence-corrected chi connectivity index (χ0v) is 16.7. The average Bonchev–Trinajstić information content (AvgIpc) is 2.73. The number of ether oxygens (including phenoxy) is 1. The van der Waals surface area contributed by atoms with Gasteiger partial charge in [-0.05, 0) is 66.2 Å². The van der Waals surface area contributed by atoms with E-state index in [1.54, 1.807) is 0 Å². The molecule has 1 heterocycles. The van der Waals surface area contributed by atoms with Crippen molar-refractivity contribution in [3.05, 3.63) is 29.3 Å². The Labute approximate surface area is 152 Å². The van der Waals surface area contributed by atoms with Crippen LogP contribution in [0, 0.1) is 17.8 Å². The highest BCUT2D eigenvalue weighted by Crippen LogP contribution is 2.52. The molecule has 2 bridgehead atoms. The lowest BCUT2D eigenvalue weighted by molar-refractivity contribution is -0.134. The lowest BCUT2D eigenvalue weighted by atomic mass is 9.65. The Morgan fingerprint density at radius 2 is 1.96 bits per heavy atom. The topological polar surface area (TPSA) is 29.5 Å². The van der Waals surface area contributed by atoms with Crippen LogP contribution in [0.4, 0.5) is 0 Å². The highest BCUT2D eigenvalue weighted by molar-refractivity contribution is 5.78. The van der Waals surface area contributed by atoms with Crippen molar-refractivity contribution in [2.75, 3.05) is 13.2 Å². The number of carbonyl (C=O) groups is 1. The van der Waals surface area contributed by atoms with Gasteiger partial charge in [-0.3, -0.25) is 4.79 Å². The molecule has 3 nitrogen and oxygen atoms in total. The van der Waals surface area contributed by atoms with Crippen molar-refractivity contribution in [3.8, 4) is 5.75 Å². The fraction of sp³-hybridized carbons (Fsp3) is 0.682. The van der Waals surface area contributed by atoms with Crippen LogP contribution in [0.15, 0.2) is 18.2 Å². The van der Waals surface area contributed by atoms with Crippen molar-refractivity contribution in [2.24, 2.45) is 10.8 Å². The summed E-state index contributed by atoms with van der Waals surface area (Å²) in [6.45, 7) is 14.5. The molecule has 1 aliphatic carbocycles. The number of hydrogen-bond donors (Lipinski definition) is 0. The van der Waals surface area contributed by atoms with E-state index in [9.17, 15) is 4.79 Å². The third kappa shape index (κ3) is 4.02. The average molecular weight is 344 g/mol. The SMILES string of the molecule is Cc1cc(OCC(=O)N2C[C@@]3(C)C[C@@H]2CC(C)(C)C3)cc(C(C)C)c1. The summed E-state index contributed by atoms with van der Waals surface area (Å²) in [4.78, 5) is 14.9. The molecule has 2 atom stereocenters. The number of carbonyl (C=O) groups excluding carboxylic acids is 1. The quantitative estimate of drug-likeness (QED) is 0.776. The second-order valence-electron chi connectivity index (χ2n) is 9.76. The van der Waals surface area contributed by atoms with E-state index >= 15 is 0 Å². The molecule has 138 valence electrons. The monoisotopic (exact) mass is 343 g/mol. The maximum Gasteiger partial charge on any atom is 0.260 e. The van der Waals surface area contributed by atoms with Gasteiger partial charge in [0.2, 0.25) is 0 Å². The minimum absolute atomic E-state index is 0.138. The third-order valence-electron chi connectivity index (χ3n) is 5.84. The van der Waals surface area contributed by atoms with E-state index in [2.05, 4.69) is 58.6 Å². The minimum Gasteiger partial charge on any atom is -0.484 e. The van der Waals surface area contributed by atoms with Crippen LogP contribution in [-0.4, -0.2) is 30.0 Å². The molecule has 2 aliphatic rings. The normalized spacial score (nSPS) is 27.6.